The van der Waals surface area contributed by atoms with Gasteiger partial charge in [0.1, 0.15) is 0 Å². The number of carbonyl (C=O) groups excluding carboxylic acids is 1. The minimum absolute atomic E-state index is 0.750. The summed E-state index contributed by atoms with van der Waals surface area (Å²) in [6, 6.07) is 0. The predicted octanol–water partition coefficient (Wildman–Crippen LogP) is 3.76. The topological polar surface area (TPSA) is 40.9 Å². The third kappa shape index (κ3) is 18.4. The first-order valence-corrected chi connectivity index (χ1v) is 5.12. The number of isocyanates is 1. The molecule has 0 heterocycles. The molecule has 0 saturated heterocycles. The van der Waals surface area contributed by atoms with Crippen LogP contribution in [0.5, 0.6) is 0 Å². The molecular formula is C11H23NO. The molecule has 1 atom stereocenters. The van der Waals surface area contributed by atoms with Gasteiger partial charge in [-0.25, -0.2) is 10.2 Å². The Bertz CT molecular complexity index is 126. The molecule has 0 aliphatic rings. The van der Waals surface area contributed by atoms with Gasteiger partial charge in [-0.15, -0.1) is 0 Å². The summed E-state index contributed by atoms with van der Waals surface area (Å²) in [5.41, 5.74) is 0. The van der Waals surface area contributed by atoms with Crippen LogP contribution in [-0.2, 0) is 4.79 Å². The minimum atomic E-state index is 0.750. The number of hydrogen-bond donors (Lipinski definition) is 1. The van der Waals surface area contributed by atoms with Crippen LogP contribution in [0.4, 0.5) is 0 Å². The van der Waals surface area contributed by atoms with Crippen molar-refractivity contribution < 1.29 is 4.79 Å². The van der Waals surface area contributed by atoms with E-state index in [-0.39, 0.29) is 0 Å². The zero-order valence-corrected chi connectivity index (χ0v) is 9.39. The Morgan fingerprint density at radius 3 is 2.00 bits per heavy atom. The zero-order valence-electron chi connectivity index (χ0n) is 9.39. The van der Waals surface area contributed by atoms with Crippen LogP contribution in [0.15, 0.2) is 0 Å². The summed E-state index contributed by atoms with van der Waals surface area (Å²) < 4.78 is 0. The van der Waals surface area contributed by atoms with E-state index in [1.807, 2.05) is 0 Å². The molecule has 0 rings (SSSR count). The molecule has 1 unspecified atom stereocenters. The Kier molecular flexibility index (Phi) is 13.0. The largest absolute Gasteiger partial charge is 0.231 e. The second kappa shape index (κ2) is 11.4. The van der Waals surface area contributed by atoms with Gasteiger partial charge in [0.05, 0.1) is 0 Å². The maximum Gasteiger partial charge on any atom is 0.231 e. The van der Waals surface area contributed by atoms with Gasteiger partial charge in [-0.05, 0) is 11.8 Å². The summed E-state index contributed by atoms with van der Waals surface area (Å²) in [6.07, 6.45) is 6.35. The molecule has 0 radical (unpaired) electrons. The quantitative estimate of drug-likeness (QED) is 0.514. The first-order chi connectivity index (χ1) is 6.08. The van der Waals surface area contributed by atoms with Crippen LogP contribution in [0.2, 0.25) is 0 Å². The van der Waals surface area contributed by atoms with Gasteiger partial charge in [0.25, 0.3) is 0 Å². The van der Waals surface area contributed by atoms with Crippen molar-refractivity contribution in [3.8, 4) is 0 Å². The van der Waals surface area contributed by atoms with Gasteiger partial charge in [-0.3, -0.25) is 0 Å². The van der Waals surface area contributed by atoms with E-state index in [4.69, 9.17) is 10.2 Å². The Balaban J connectivity index is 0. The summed E-state index contributed by atoms with van der Waals surface area (Å²) in [7, 11) is 0. The van der Waals surface area contributed by atoms with E-state index in [9.17, 15) is 0 Å². The number of nitrogens with one attached hydrogen (secondary N) is 1. The minimum Gasteiger partial charge on any atom is -0.222 e. The lowest BCUT2D eigenvalue weighted by Crippen LogP contribution is -1.94. The first-order valence-electron chi connectivity index (χ1n) is 5.12. The van der Waals surface area contributed by atoms with E-state index in [0.29, 0.717) is 0 Å². The Hall–Kier alpha value is -0.620. The molecule has 2 heteroatoms. The van der Waals surface area contributed by atoms with Gasteiger partial charge < -0.3 is 0 Å². The second-order valence-corrected chi connectivity index (χ2v) is 3.94. The molecule has 0 aromatic carbocycles. The SMILES string of the molecule is CCC(C)CCCC(C)C.N=C=O. The van der Waals surface area contributed by atoms with E-state index in [1.54, 1.807) is 0 Å². The van der Waals surface area contributed by atoms with E-state index >= 15 is 0 Å². The van der Waals surface area contributed by atoms with Crippen molar-refractivity contribution in [3.05, 3.63) is 0 Å². The Labute approximate surface area is 82.2 Å². The molecule has 1 N–H and O–H groups in total. The van der Waals surface area contributed by atoms with Crippen molar-refractivity contribution >= 4 is 6.08 Å². The fourth-order valence-electron chi connectivity index (χ4n) is 1.08. The summed E-state index contributed by atoms with van der Waals surface area (Å²) >= 11 is 0. The van der Waals surface area contributed by atoms with E-state index < -0.39 is 0 Å². The highest BCUT2D eigenvalue weighted by Gasteiger charge is 1.99. The van der Waals surface area contributed by atoms with Crippen LogP contribution in [0, 0.1) is 17.2 Å². The average molecular weight is 185 g/mol. The average Bonchev–Trinajstić information content (AvgIpc) is 2.05. The van der Waals surface area contributed by atoms with Gasteiger partial charge >= 0.3 is 0 Å². The second-order valence-electron chi connectivity index (χ2n) is 3.94. The molecule has 78 valence electrons. The molecule has 0 aliphatic carbocycles. The molecule has 0 aromatic heterocycles. The Morgan fingerprint density at radius 1 is 1.23 bits per heavy atom. The maximum absolute atomic E-state index is 8.35. The van der Waals surface area contributed by atoms with Crippen LogP contribution in [-0.4, -0.2) is 6.08 Å². The molecule has 0 aliphatic heterocycles. The highest BCUT2D eigenvalue weighted by molar-refractivity contribution is 5.26. The van der Waals surface area contributed by atoms with Crippen molar-refractivity contribution in [3.63, 3.8) is 0 Å². The van der Waals surface area contributed by atoms with Crippen LogP contribution in [0.25, 0.3) is 0 Å². The van der Waals surface area contributed by atoms with Gasteiger partial charge in [0, 0.05) is 0 Å². The van der Waals surface area contributed by atoms with Gasteiger partial charge in [-0.1, -0.05) is 53.4 Å². The lowest BCUT2D eigenvalue weighted by molar-refractivity contribution is 0.449. The monoisotopic (exact) mass is 185 g/mol. The van der Waals surface area contributed by atoms with Gasteiger partial charge in [-0.2, -0.15) is 0 Å². The third-order valence-corrected chi connectivity index (χ3v) is 2.18. The highest BCUT2D eigenvalue weighted by atomic mass is 16.1. The molecule has 0 spiro atoms. The molecule has 2 nitrogen and oxygen atoms in total. The normalized spacial score (nSPS) is 11.5. The van der Waals surface area contributed by atoms with E-state index in [2.05, 4.69) is 27.7 Å². The number of hydrogen-bond acceptors (Lipinski definition) is 2. The molecule has 0 bridgehead atoms. The van der Waals surface area contributed by atoms with E-state index in [0.717, 1.165) is 17.9 Å². The van der Waals surface area contributed by atoms with Crippen molar-refractivity contribution in [2.45, 2.75) is 53.4 Å². The fraction of sp³-hybridized carbons (Fsp3) is 0.909. The van der Waals surface area contributed by atoms with E-state index in [1.165, 1.54) is 25.7 Å². The molecular weight excluding hydrogens is 162 g/mol. The van der Waals surface area contributed by atoms with Crippen molar-refractivity contribution in [2.24, 2.45) is 11.8 Å². The van der Waals surface area contributed by atoms with Crippen molar-refractivity contribution in [1.82, 2.24) is 0 Å². The third-order valence-electron chi connectivity index (χ3n) is 2.18. The van der Waals surface area contributed by atoms with Crippen molar-refractivity contribution in [2.75, 3.05) is 0 Å². The van der Waals surface area contributed by atoms with Crippen molar-refractivity contribution in [1.29, 1.82) is 5.41 Å². The van der Waals surface area contributed by atoms with Crippen LogP contribution in [0.1, 0.15) is 53.4 Å². The summed E-state index contributed by atoms with van der Waals surface area (Å²) in [4.78, 5) is 8.35. The summed E-state index contributed by atoms with van der Waals surface area (Å²) in [5.74, 6) is 1.84. The highest BCUT2D eigenvalue weighted by Crippen LogP contribution is 2.14. The molecule has 0 aromatic rings. The standard InChI is InChI=1S/C10H22.CHNO/c1-5-10(4)8-6-7-9(2)3;2-1-3/h9-10H,5-8H2,1-4H3;2H. The smallest absolute Gasteiger partial charge is 0.222 e. The molecule has 0 amide bonds. The fourth-order valence-corrected chi connectivity index (χ4v) is 1.08. The van der Waals surface area contributed by atoms with Gasteiger partial charge in [0.15, 0.2) is 0 Å². The molecule has 13 heavy (non-hydrogen) atoms. The predicted molar refractivity (Wildman–Crippen MR) is 56.6 cm³/mol. The zero-order chi connectivity index (χ0) is 10.7. The lowest BCUT2D eigenvalue weighted by atomic mass is 9.98. The summed E-state index contributed by atoms with van der Waals surface area (Å²) in [5, 5.41) is 5.40. The van der Waals surface area contributed by atoms with Crippen LogP contribution >= 0.6 is 0 Å². The maximum atomic E-state index is 8.35. The Morgan fingerprint density at radius 2 is 1.69 bits per heavy atom. The first kappa shape index (κ1) is 14.9. The molecule has 0 saturated carbocycles. The summed E-state index contributed by atoms with van der Waals surface area (Å²) in [6.45, 7) is 9.23. The van der Waals surface area contributed by atoms with Gasteiger partial charge in [0.2, 0.25) is 6.08 Å². The van der Waals surface area contributed by atoms with Crippen LogP contribution < -0.4 is 0 Å². The number of rotatable bonds is 5. The molecule has 0 fully saturated rings. The van der Waals surface area contributed by atoms with Crippen LogP contribution in [0.3, 0.4) is 0 Å². The lowest BCUT2D eigenvalue weighted by Gasteiger charge is -2.08.